The first-order chi connectivity index (χ1) is 7.19. The van der Waals surface area contributed by atoms with Crippen molar-refractivity contribution in [1.82, 2.24) is 0 Å². The summed E-state index contributed by atoms with van der Waals surface area (Å²) in [5, 5.41) is 0. The summed E-state index contributed by atoms with van der Waals surface area (Å²) in [6.45, 7) is -0.918. The standard InChI is InChI=1S/C10H9BrClFO2/c11-9-2-1-3-10(15-6-13)8(9)4-7(14)5-12/h1-3H,4-6H2. The number of halogens is 3. The van der Waals surface area contributed by atoms with Gasteiger partial charge in [-0.15, -0.1) is 11.6 Å². The summed E-state index contributed by atoms with van der Waals surface area (Å²) in [6, 6.07) is 5.09. The van der Waals surface area contributed by atoms with Gasteiger partial charge in [0.25, 0.3) is 0 Å². The topological polar surface area (TPSA) is 26.3 Å². The maximum absolute atomic E-state index is 12.1. The number of hydrogen-bond acceptors (Lipinski definition) is 2. The Bertz CT molecular complexity index is 357. The van der Waals surface area contributed by atoms with E-state index in [9.17, 15) is 9.18 Å². The summed E-state index contributed by atoms with van der Waals surface area (Å²) in [7, 11) is 0. The molecule has 2 nitrogen and oxygen atoms in total. The number of benzene rings is 1. The van der Waals surface area contributed by atoms with Crippen LogP contribution in [0.1, 0.15) is 5.56 Å². The van der Waals surface area contributed by atoms with Crippen LogP contribution in [0, 0.1) is 0 Å². The summed E-state index contributed by atoms with van der Waals surface area (Å²) < 4.78 is 17.5. The minimum absolute atomic E-state index is 0.0591. The van der Waals surface area contributed by atoms with Gasteiger partial charge in [-0.2, -0.15) is 0 Å². The molecule has 0 N–H and O–H groups in total. The minimum atomic E-state index is -0.918. The highest BCUT2D eigenvalue weighted by molar-refractivity contribution is 9.10. The molecule has 0 fully saturated rings. The van der Waals surface area contributed by atoms with Crippen molar-refractivity contribution >= 4 is 33.3 Å². The lowest BCUT2D eigenvalue weighted by Crippen LogP contribution is -2.06. The molecular formula is C10H9BrClFO2. The van der Waals surface area contributed by atoms with E-state index in [0.29, 0.717) is 15.8 Å². The summed E-state index contributed by atoms with van der Waals surface area (Å²) in [4.78, 5) is 11.2. The fraction of sp³-hybridized carbons (Fsp3) is 0.300. The largest absolute Gasteiger partial charge is 0.463 e. The van der Waals surface area contributed by atoms with Gasteiger partial charge in [0.2, 0.25) is 6.86 Å². The molecule has 82 valence electrons. The lowest BCUT2D eigenvalue weighted by molar-refractivity contribution is -0.116. The summed E-state index contributed by atoms with van der Waals surface area (Å²) in [6.07, 6.45) is 0.139. The van der Waals surface area contributed by atoms with Crippen LogP contribution in [0.3, 0.4) is 0 Å². The lowest BCUT2D eigenvalue weighted by atomic mass is 10.1. The average molecular weight is 296 g/mol. The Hall–Kier alpha value is -0.610. The molecule has 0 unspecified atom stereocenters. The molecule has 0 heterocycles. The highest BCUT2D eigenvalue weighted by Crippen LogP contribution is 2.27. The van der Waals surface area contributed by atoms with Crippen molar-refractivity contribution in [3.63, 3.8) is 0 Å². The highest BCUT2D eigenvalue weighted by atomic mass is 79.9. The van der Waals surface area contributed by atoms with Crippen LogP contribution in [-0.2, 0) is 11.2 Å². The Morgan fingerprint density at radius 1 is 1.53 bits per heavy atom. The van der Waals surface area contributed by atoms with E-state index in [1.54, 1.807) is 18.2 Å². The van der Waals surface area contributed by atoms with E-state index >= 15 is 0 Å². The van der Waals surface area contributed by atoms with Gasteiger partial charge in [-0.1, -0.05) is 22.0 Å². The van der Waals surface area contributed by atoms with Crippen molar-refractivity contribution in [3.05, 3.63) is 28.2 Å². The maximum Gasteiger partial charge on any atom is 0.228 e. The fourth-order valence-corrected chi connectivity index (χ4v) is 1.73. The van der Waals surface area contributed by atoms with E-state index in [0.717, 1.165) is 0 Å². The van der Waals surface area contributed by atoms with Crippen molar-refractivity contribution in [2.24, 2.45) is 0 Å². The molecule has 0 spiro atoms. The minimum Gasteiger partial charge on any atom is -0.463 e. The van der Waals surface area contributed by atoms with Gasteiger partial charge in [0, 0.05) is 16.5 Å². The molecule has 0 aliphatic carbocycles. The Morgan fingerprint density at radius 2 is 2.27 bits per heavy atom. The smallest absolute Gasteiger partial charge is 0.228 e. The van der Waals surface area contributed by atoms with E-state index in [-0.39, 0.29) is 18.1 Å². The average Bonchev–Trinajstić information content (AvgIpc) is 2.23. The molecule has 0 amide bonds. The Balaban J connectivity index is 2.96. The first-order valence-corrected chi connectivity index (χ1v) is 5.55. The predicted octanol–water partition coefficient (Wildman–Crippen LogP) is 3.11. The summed E-state index contributed by atoms with van der Waals surface area (Å²) in [5.41, 5.74) is 0.626. The van der Waals surface area contributed by atoms with Crippen LogP contribution in [0.25, 0.3) is 0 Å². The second kappa shape index (κ2) is 6.08. The first kappa shape index (κ1) is 12.5. The molecule has 0 aromatic heterocycles. The summed E-state index contributed by atoms with van der Waals surface area (Å²) in [5.74, 6) is 0.175. The number of alkyl halides is 2. The van der Waals surface area contributed by atoms with Crippen LogP contribution >= 0.6 is 27.5 Å². The zero-order chi connectivity index (χ0) is 11.3. The molecule has 1 aromatic carbocycles. The lowest BCUT2D eigenvalue weighted by Gasteiger charge is -2.09. The van der Waals surface area contributed by atoms with Crippen LogP contribution < -0.4 is 4.74 Å². The maximum atomic E-state index is 12.1. The van der Waals surface area contributed by atoms with Crippen LogP contribution in [0.2, 0.25) is 0 Å². The van der Waals surface area contributed by atoms with Gasteiger partial charge in [0.15, 0.2) is 5.78 Å². The number of Topliss-reactive ketones (excluding diaryl/α,β-unsaturated/α-hetero) is 1. The van der Waals surface area contributed by atoms with Gasteiger partial charge in [0.05, 0.1) is 5.88 Å². The van der Waals surface area contributed by atoms with E-state index in [1.807, 2.05) is 0 Å². The molecule has 0 saturated carbocycles. The number of rotatable bonds is 5. The Morgan fingerprint density at radius 3 is 2.87 bits per heavy atom. The molecule has 0 aliphatic rings. The third-order valence-corrected chi connectivity index (χ3v) is 2.85. The van der Waals surface area contributed by atoms with Gasteiger partial charge < -0.3 is 4.74 Å². The molecule has 0 aliphatic heterocycles. The van der Waals surface area contributed by atoms with Crippen molar-refractivity contribution in [2.45, 2.75) is 6.42 Å². The zero-order valence-electron chi connectivity index (χ0n) is 7.80. The Labute approximate surface area is 101 Å². The molecule has 0 radical (unpaired) electrons. The number of ketones is 1. The highest BCUT2D eigenvalue weighted by Gasteiger charge is 2.11. The number of carbonyl (C=O) groups excluding carboxylic acids is 1. The van der Waals surface area contributed by atoms with E-state index in [1.165, 1.54) is 0 Å². The quantitative estimate of drug-likeness (QED) is 0.780. The monoisotopic (exact) mass is 294 g/mol. The normalized spacial score (nSPS) is 10.1. The van der Waals surface area contributed by atoms with Gasteiger partial charge in [0.1, 0.15) is 5.75 Å². The van der Waals surface area contributed by atoms with E-state index in [2.05, 4.69) is 15.9 Å². The number of carbonyl (C=O) groups is 1. The van der Waals surface area contributed by atoms with Gasteiger partial charge >= 0.3 is 0 Å². The molecule has 0 saturated heterocycles. The van der Waals surface area contributed by atoms with E-state index in [4.69, 9.17) is 16.3 Å². The fourth-order valence-electron chi connectivity index (χ4n) is 1.15. The van der Waals surface area contributed by atoms with Crippen LogP contribution in [-0.4, -0.2) is 18.5 Å². The second-order valence-electron chi connectivity index (χ2n) is 2.82. The molecule has 1 aromatic rings. The van der Waals surface area contributed by atoms with Crippen molar-refractivity contribution < 1.29 is 13.9 Å². The van der Waals surface area contributed by atoms with Crippen LogP contribution in [0.15, 0.2) is 22.7 Å². The molecule has 5 heteroatoms. The number of ether oxygens (including phenoxy) is 1. The third-order valence-electron chi connectivity index (χ3n) is 1.81. The van der Waals surface area contributed by atoms with Crippen LogP contribution in [0.4, 0.5) is 4.39 Å². The molecule has 1 rings (SSSR count). The van der Waals surface area contributed by atoms with Crippen LogP contribution in [0.5, 0.6) is 5.75 Å². The molecule has 0 bridgehead atoms. The van der Waals surface area contributed by atoms with Crippen molar-refractivity contribution in [2.75, 3.05) is 12.7 Å². The van der Waals surface area contributed by atoms with Crippen molar-refractivity contribution in [3.8, 4) is 5.75 Å². The molecular weight excluding hydrogens is 286 g/mol. The second-order valence-corrected chi connectivity index (χ2v) is 3.94. The first-order valence-electron chi connectivity index (χ1n) is 4.23. The van der Waals surface area contributed by atoms with Gasteiger partial charge in [-0.05, 0) is 12.1 Å². The SMILES string of the molecule is O=C(CCl)Cc1c(Br)cccc1OCF. The number of hydrogen-bond donors (Lipinski definition) is 0. The molecule has 15 heavy (non-hydrogen) atoms. The van der Waals surface area contributed by atoms with Gasteiger partial charge in [-0.25, -0.2) is 4.39 Å². The predicted molar refractivity (Wildman–Crippen MR) is 60.2 cm³/mol. The molecule has 0 atom stereocenters. The Kier molecular flexibility index (Phi) is 5.05. The third kappa shape index (κ3) is 3.47. The van der Waals surface area contributed by atoms with Crippen molar-refractivity contribution in [1.29, 1.82) is 0 Å². The van der Waals surface area contributed by atoms with Gasteiger partial charge in [-0.3, -0.25) is 4.79 Å². The summed E-state index contributed by atoms with van der Waals surface area (Å²) >= 11 is 8.68. The van der Waals surface area contributed by atoms with E-state index < -0.39 is 6.86 Å². The zero-order valence-corrected chi connectivity index (χ0v) is 10.1.